The maximum absolute atomic E-state index is 12.7. The number of carbonyl (C=O) groups excluding carboxylic acids is 1. The third-order valence-corrected chi connectivity index (χ3v) is 4.91. The Hall–Kier alpha value is -1.55. The molecule has 0 saturated heterocycles. The number of nitrogens with zero attached hydrogens (tertiary/aromatic N) is 1. The molecule has 4 nitrogen and oxygen atoms in total. The van der Waals surface area contributed by atoms with Crippen molar-refractivity contribution in [3.05, 3.63) is 35.4 Å². The zero-order valence-corrected chi connectivity index (χ0v) is 13.5. The van der Waals surface area contributed by atoms with Crippen molar-refractivity contribution in [3.8, 4) is 0 Å². The normalized spacial score (nSPS) is 27.5. The topological polar surface area (TPSA) is 41.6 Å². The van der Waals surface area contributed by atoms with E-state index in [1.165, 1.54) is 11.1 Å². The van der Waals surface area contributed by atoms with Crippen LogP contribution >= 0.6 is 0 Å². The van der Waals surface area contributed by atoms with Gasteiger partial charge in [0.25, 0.3) is 0 Å². The van der Waals surface area contributed by atoms with Crippen LogP contribution in [0.3, 0.4) is 0 Å². The number of urea groups is 1. The summed E-state index contributed by atoms with van der Waals surface area (Å²) in [7, 11) is 0. The van der Waals surface area contributed by atoms with Gasteiger partial charge in [-0.2, -0.15) is 0 Å². The van der Waals surface area contributed by atoms with E-state index in [1.807, 2.05) is 17.9 Å². The van der Waals surface area contributed by atoms with Gasteiger partial charge in [0.1, 0.15) is 0 Å². The van der Waals surface area contributed by atoms with Crippen molar-refractivity contribution in [1.82, 2.24) is 10.2 Å². The molecule has 0 radical (unpaired) electrons. The van der Waals surface area contributed by atoms with Crippen LogP contribution in [0.5, 0.6) is 0 Å². The second kappa shape index (κ2) is 6.69. The van der Waals surface area contributed by atoms with Crippen LogP contribution in [0.25, 0.3) is 0 Å². The molecule has 1 N–H and O–H groups in total. The van der Waals surface area contributed by atoms with Gasteiger partial charge in [0.15, 0.2) is 0 Å². The van der Waals surface area contributed by atoms with Crippen LogP contribution in [0.1, 0.15) is 44.2 Å². The van der Waals surface area contributed by atoms with E-state index in [4.69, 9.17) is 4.74 Å². The molecule has 3 atom stereocenters. The van der Waals surface area contributed by atoms with Crippen LogP contribution in [0.4, 0.5) is 4.79 Å². The van der Waals surface area contributed by atoms with Gasteiger partial charge in [-0.15, -0.1) is 0 Å². The Kier molecular flexibility index (Phi) is 4.67. The van der Waals surface area contributed by atoms with Gasteiger partial charge in [0.05, 0.1) is 12.1 Å². The smallest absolute Gasteiger partial charge is 0.318 e. The fourth-order valence-electron chi connectivity index (χ4n) is 3.70. The van der Waals surface area contributed by atoms with Crippen molar-refractivity contribution >= 4 is 6.03 Å². The highest BCUT2D eigenvalue weighted by Crippen LogP contribution is 2.25. The predicted octanol–water partition coefficient (Wildman–Crippen LogP) is 3.10. The Bertz CT molecular complexity index is 532. The number of nitrogens with one attached hydrogen (secondary N) is 1. The van der Waals surface area contributed by atoms with Crippen molar-refractivity contribution in [2.45, 2.75) is 64.3 Å². The molecule has 1 aromatic carbocycles. The van der Waals surface area contributed by atoms with Gasteiger partial charge in [-0.1, -0.05) is 24.3 Å². The van der Waals surface area contributed by atoms with Gasteiger partial charge in [-0.3, -0.25) is 0 Å². The summed E-state index contributed by atoms with van der Waals surface area (Å²) in [4.78, 5) is 14.6. The fraction of sp³-hybridized carbons (Fsp3) is 0.611. The molecule has 1 aliphatic carbocycles. The van der Waals surface area contributed by atoms with Crippen molar-refractivity contribution in [2.75, 3.05) is 6.61 Å². The Morgan fingerprint density at radius 1 is 1.32 bits per heavy atom. The van der Waals surface area contributed by atoms with Gasteiger partial charge in [-0.25, -0.2) is 4.79 Å². The quantitative estimate of drug-likeness (QED) is 0.932. The van der Waals surface area contributed by atoms with Crippen LogP contribution in [0.15, 0.2) is 24.3 Å². The van der Waals surface area contributed by atoms with Gasteiger partial charge in [-0.05, 0) is 50.7 Å². The molecule has 120 valence electrons. The van der Waals surface area contributed by atoms with Crippen molar-refractivity contribution in [1.29, 1.82) is 0 Å². The number of carbonyl (C=O) groups is 1. The summed E-state index contributed by atoms with van der Waals surface area (Å²) in [5.41, 5.74) is 2.63. The van der Waals surface area contributed by atoms with Gasteiger partial charge < -0.3 is 15.0 Å². The van der Waals surface area contributed by atoms with Crippen LogP contribution in [-0.2, 0) is 17.7 Å². The molecule has 0 aromatic heterocycles. The summed E-state index contributed by atoms with van der Waals surface area (Å²) >= 11 is 0. The lowest BCUT2D eigenvalue weighted by atomic mass is 9.95. The first-order valence-corrected chi connectivity index (χ1v) is 8.44. The van der Waals surface area contributed by atoms with E-state index in [-0.39, 0.29) is 24.2 Å². The molecule has 1 unspecified atom stereocenters. The molecule has 1 saturated carbocycles. The van der Waals surface area contributed by atoms with Crippen molar-refractivity contribution < 1.29 is 9.53 Å². The first kappa shape index (κ1) is 15.3. The zero-order valence-electron chi connectivity index (χ0n) is 13.5. The van der Waals surface area contributed by atoms with E-state index in [0.717, 1.165) is 25.7 Å². The number of fused-ring (bicyclic) bond motifs is 1. The van der Waals surface area contributed by atoms with E-state index >= 15 is 0 Å². The molecular weight excluding hydrogens is 276 g/mol. The molecule has 1 fully saturated rings. The first-order valence-electron chi connectivity index (χ1n) is 8.44. The number of benzene rings is 1. The van der Waals surface area contributed by atoms with E-state index in [1.54, 1.807) is 0 Å². The lowest BCUT2D eigenvalue weighted by Gasteiger charge is -2.36. The Morgan fingerprint density at radius 2 is 2.09 bits per heavy atom. The first-order chi connectivity index (χ1) is 10.7. The molecule has 3 rings (SSSR count). The van der Waals surface area contributed by atoms with Crippen LogP contribution in [0, 0.1) is 0 Å². The Balaban J connectivity index is 1.65. The van der Waals surface area contributed by atoms with E-state index in [2.05, 4.69) is 30.4 Å². The molecule has 0 bridgehead atoms. The second-order valence-corrected chi connectivity index (χ2v) is 6.43. The minimum atomic E-state index is 0.0543. The summed E-state index contributed by atoms with van der Waals surface area (Å²) in [6.07, 6.45) is 4.32. The molecule has 2 aliphatic rings. The van der Waals surface area contributed by atoms with Gasteiger partial charge >= 0.3 is 6.03 Å². The van der Waals surface area contributed by atoms with E-state index in [0.29, 0.717) is 13.2 Å². The minimum Gasteiger partial charge on any atom is -0.376 e. The average Bonchev–Trinajstić information content (AvgIpc) is 2.94. The van der Waals surface area contributed by atoms with Crippen molar-refractivity contribution in [3.63, 3.8) is 0 Å². The lowest BCUT2D eigenvalue weighted by Crippen LogP contribution is -2.52. The Labute approximate surface area is 132 Å². The maximum atomic E-state index is 12.7. The monoisotopic (exact) mass is 302 g/mol. The number of amides is 2. The number of ether oxygens (including phenoxy) is 1. The summed E-state index contributed by atoms with van der Waals surface area (Å²) in [5, 5.41) is 3.21. The van der Waals surface area contributed by atoms with E-state index < -0.39 is 0 Å². The summed E-state index contributed by atoms with van der Waals surface area (Å²) in [6, 6.07) is 8.88. The highest BCUT2D eigenvalue weighted by molar-refractivity contribution is 5.75. The molecular formula is C18H26N2O2. The average molecular weight is 302 g/mol. The molecule has 1 heterocycles. The highest BCUT2D eigenvalue weighted by atomic mass is 16.5. The fourth-order valence-corrected chi connectivity index (χ4v) is 3.70. The predicted molar refractivity (Wildman–Crippen MR) is 86.7 cm³/mol. The van der Waals surface area contributed by atoms with E-state index in [9.17, 15) is 4.79 Å². The molecule has 0 spiro atoms. The summed E-state index contributed by atoms with van der Waals surface area (Å²) < 4.78 is 5.75. The largest absolute Gasteiger partial charge is 0.376 e. The van der Waals surface area contributed by atoms with Crippen molar-refractivity contribution in [2.24, 2.45) is 0 Å². The minimum absolute atomic E-state index is 0.0543. The standard InChI is InChI=1S/C18H26N2O2/c1-3-22-17-10-6-9-16(17)19-18(21)20-12-15-8-5-4-7-14(15)11-13(20)2/h4-5,7-8,13,16-17H,3,6,9-12H2,1-2H3,(H,19,21)/t13?,16-,17-/m1/s1. The van der Waals surface area contributed by atoms with Crippen LogP contribution in [0.2, 0.25) is 0 Å². The number of hydrogen-bond acceptors (Lipinski definition) is 2. The molecule has 2 amide bonds. The highest BCUT2D eigenvalue weighted by Gasteiger charge is 2.32. The zero-order chi connectivity index (χ0) is 15.5. The number of hydrogen-bond donors (Lipinski definition) is 1. The van der Waals surface area contributed by atoms with Gasteiger partial charge in [0.2, 0.25) is 0 Å². The molecule has 1 aromatic rings. The maximum Gasteiger partial charge on any atom is 0.318 e. The summed E-state index contributed by atoms with van der Waals surface area (Å²) in [5.74, 6) is 0. The number of rotatable bonds is 3. The van der Waals surface area contributed by atoms with Crippen LogP contribution < -0.4 is 5.32 Å². The SMILES string of the molecule is CCO[C@@H]1CCC[C@H]1NC(=O)N1Cc2ccccc2CC1C. The third-order valence-electron chi connectivity index (χ3n) is 4.91. The van der Waals surface area contributed by atoms with Crippen LogP contribution in [-0.4, -0.2) is 35.7 Å². The van der Waals surface area contributed by atoms with Gasteiger partial charge in [0, 0.05) is 19.2 Å². The Morgan fingerprint density at radius 3 is 2.86 bits per heavy atom. The molecule has 22 heavy (non-hydrogen) atoms. The second-order valence-electron chi connectivity index (χ2n) is 6.43. The third kappa shape index (κ3) is 3.12. The summed E-state index contributed by atoms with van der Waals surface area (Å²) in [6.45, 7) is 5.56. The lowest BCUT2D eigenvalue weighted by molar-refractivity contribution is 0.0485. The molecule has 4 heteroatoms. The molecule has 1 aliphatic heterocycles.